The molecule has 0 spiro atoms. The van der Waals surface area contributed by atoms with E-state index in [9.17, 15) is 26.3 Å². The minimum absolute atomic E-state index is 0.0203. The first-order valence-corrected chi connectivity index (χ1v) is 14.1. The molecule has 1 aliphatic rings. The van der Waals surface area contributed by atoms with Crippen molar-refractivity contribution in [2.24, 2.45) is 10.7 Å². The van der Waals surface area contributed by atoms with Crippen molar-refractivity contribution in [2.45, 2.75) is 44.0 Å². The molecule has 0 aliphatic carbocycles. The van der Waals surface area contributed by atoms with E-state index in [1.165, 1.54) is 23.5 Å². The van der Waals surface area contributed by atoms with Crippen LogP contribution in [0.5, 0.6) is 0 Å². The fraction of sp³-hybridized carbons (Fsp3) is 0.368. The molecule has 0 amide bonds. The zero-order chi connectivity index (χ0) is 24.7. The van der Waals surface area contributed by atoms with Gasteiger partial charge in [-0.25, -0.2) is 9.79 Å². The number of carboxylic acid groups (broad SMARTS) is 1. The average Bonchev–Trinajstić information content (AvgIpc) is 3.05. The number of hydrogen-bond acceptors (Lipinski definition) is 4. The molecule has 1 aromatic heterocycles. The van der Waals surface area contributed by atoms with Gasteiger partial charge in [-0.15, -0.1) is 11.3 Å². The van der Waals surface area contributed by atoms with Crippen molar-refractivity contribution in [1.82, 2.24) is 0 Å². The van der Waals surface area contributed by atoms with E-state index in [0.29, 0.717) is 14.9 Å². The summed E-state index contributed by atoms with van der Waals surface area (Å²) in [4.78, 5) is 13.6. The number of amidine groups is 1. The highest BCUT2D eigenvalue weighted by atomic mass is 79.9. The highest BCUT2D eigenvalue weighted by Gasteiger charge is 2.58. The number of aliphatic imine (C=N–C) groups is 1. The molecule has 0 bridgehead atoms. The van der Waals surface area contributed by atoms with Crippen molar-refractivity contribution >= 4 is 51.6 Å². The van der Waals surface area contributed by atoms with Crippen LogP contribution in [0.4, 0.5) is 26.3 Å². The third kappa shape index (κ3) is 5.54. The maximum Gasteiger partial charge on any atom is 0.490 e. The van der Waals surface area contributed by atoms with E-state index in [-0.39, 0.29) is 17.8 Å². The van der Waals surface area contributed by atoms with Crippen LogP contribution in [0.25, 0.3) is 0 Å². The fourth-order valence-electron chi connectivity index (χ4n) is 2.96. The molecule has 1 unspecified atom stereocenters. The lowest BCUT2D eigenvalue weighted by atomic mass is 9.82. The van der Waals surface area contributed by atoms with Crippen LogP contribution < -0.4 is 10.2 Å². The molecular formula is C19H19BrF6N2O2SSi. The Morgan fingerprint density at radius 1 is 1.19 bits per heavy atom. The lowest BCUT2D eigenvalue weighted by Gasteiger charge is -2.35. The Morgan fingerprint density at radius 2 is 1.75 bits per heavy atom. The van der Waals surface area contributed by atoms with Gasteiger partial charge in [0.2, 0.25) is 0 Å². The summed E-state index contributed by atoms with van der Waals surface area (Å²) in [5, 5.41) is 7.12. The quantitative estimate of drug-likeness (QED) is 0.381. The van der Waals surface area contributed by atoms with Gasteiger partial charge in [0.05, 0.1) is 13.0 Å². The Bertz CT molecular complexity index is 1050. The number of aliphatic carboxylic acids is 1. The summed E-state index contributed by atoms with van der Waals surface area (Å²) in [6.07, 6.45) is -9.85. The molecule has 0 fully saturated rings. The van der Waals surface area contributed by atoms with Crippen molar-refractivity contribution < 1.29 is 36.2 Å². The summed E-state index contributed by atoms with van der Waals surface area (Å²) < 4.78 is 75.9. The van der Waals surface area contributed by atoms with E-state index in [2.05, 4.69) is 40.6 Å². The van der Waals surface area contributed by atoms with Gasteiger partial charge in [-0.1, -0.05) is 47.7 Å². The number of halogens is 7. The summed E-state index contributed by atoms with van der Waals surface area (Å²) in [6.45, 7) is 6.51. The molecule has 176 valence electrons. The third-order valence-electron chi connectivity index (χ3n) is 4.55. The second kappa shape index (κ2) is 8.82. The summed E-state index contributed by atoms with van der Waals surface area (Å²) in [7, 11) is -1.64. The lowest BCUT2D eigenvalue weighted by molar-refractivity contribution is -0.192. The average molecular weight is 561 g/mol. The molecule has 13 heteroatoms. The van der Waals surface area contributed by atoms with E-state index >= 15 is 0 Å². The van der Waals surface area contributed by atoms with Crippen LogP contribution in [-0.2, 0) is 16.8 Å². The zero-order valence-corrected chi connectivity index (χ0v) is 20.4. The lowest BCUT2D eigenvalue weighted by Crippen LogP contribution is -2.46. The topological polar surface area (TPSA) is 75.7 Å². The molecule has 1 atom stereocenters. The highest BCUT2D eigenvalue weighted by molar-refractivity contribution is 9.10. The first-order valence-electron chi connectivity index (χ1n) is 9.00. The number of hydrogen-bond donors (Lipinski definition) is 2. The number of nitrogens with zero attached hydrogens (tertiary/aromatic N) is 1. The second-order valence-electron chi connectivity index (χ2n) is 8.06. The van der Waals surface area contributed by atoms with Gasteiger partial charge in [-0.3, -0.25) is 0 Å². The van der Waals surface area contributed by atoms with Crippen LogP contribution in [0.15, 0.2) is 39.8 Å². The number of fused-ring (bicyclic) bond motifs is 1. The Morgan fingerprint density at radius 3 is 2.19 bits per heavy atom. The van der Waals surface area contributed by atoms with E-state index in [0.717, 1.165) is 4.50 Å². The largest absolute Gasteiger partial charge is 0.490 e. The summed E-state index contributed by atoms with van der Waals surface area (Å²) in [6, 6.07) is 8.14. The molecule has 0 saturated heterocycles. The number of alkyl halides is 6. The zero-order valence-electron chi connectivity index (χ0n) is 17.0. The van der Waals surface area contributed by atoms with Crippen molar-refractivity contribution in [1.29, 1.82) is 0 Å². The molecule has 1 aromatic carbocycles. The van der Waals surface area contributed by atoms with Crippen LogP contribution in [0, 0.1) is 0 Å². The number of rotatable bonds is 2. The van der Waals surface area contributed by atoms with Crippen molar-refractivity contribution in [3.63, 3.8) is 0 Å². The minimum Gasteiger partial charge on any atom is -0.475 e. The number of benzene rings is 1. The van der Waals surface area contributed by atoms with Crippen LogP contribution in [0.1, 0.15) is 16.0 Å². The molecule has 1 aliphatic heterocycles. The van der Waals surface area contributed by atoms with Gasteiger partial charge in [0.15, 0.2) is 5.54 Å². The maximum absolute atomic E-state index is 14.2. The van der Waals surface area contributed by atoms with Gasteiger partial charge < -0.3 is 10.8 Å². The molecule has 32 heavy (non-hydrogen) atoms. The summed E-state index contributed by atoms with van der Waals surface area (Å²) in [5.41, 5.74) is 4.42. The first kappa shape index (κ1) is 26.4. The first-order chi connectivity index (χ1) is 14.4. The van der Waals surface area contributed by atoms with E-state index in [4.69, 9.17) is 15.6 Å². The van der Waals surface area contributed by atoms with Crippen LogP contribution in [-0.4, -0.2) is 37.3 Å². The standard InChI is InChI=1S/C17H18BrF3N2SSi.C2HF3O2/c1-25(2,3)13-7-10-9-16(17(19,20)21,23-15(22)14(10)24-13)11-5-4-6-12(18)8-11;3-2(4,5)1(6)7/h4-8H,9H2,1-3H3,(H2,22,23);(H,6,7). The maximum atomic E-state index is 14.2. The number of nitrogens with two attached hydrogens (primary N) is 1. The summed E-state index contributed by atoms with van der Waals surface area (Å²) >= 11 is 4.75. The molecule has 2 heterocycles. The molecule has 0 saturated carbocycles. The van der Waals surface area contributed by atoms with Gasteiger partial charge >= 0.3 is 18.3 Å². The van der Waals surface area contributed by atoms with E-state index in [1.54, 1.807) is 12.1 Å². The molecular weight excluding hydrogens is 542 g/mol. The van der Waals surface area contributed by atoms with Crippen molar-refractivity contribution in [3.8, 4) is 0 Å². The van der Waals surface area contributed by atoms with Gasteiger partial charge in [-0.05, 0) is 33.8 Å². The van der Waals surface area contributed by atoms with Crippen LogP contribution in [0.2, 0.25) is 19.6 Å². The van der Waals surface area contributed by atoms with Gasteiger partial charge in [0, 0.05) is 10.9 Å². The van der Waals surface area contributed by atoms with Crippen LogP contribution >= 0.6 is 27.3 Å². The van der Waals surface area contributed by atoms with Crippen molar-refractivity contribution in [3.05, 3.63) is 50.8 Å². The Kier molecular flexibility index (Phi) is 7.27. The van der Waals surface area contributed by atoms with E-state index < -0.39 is 31.9 Å². The third-order valence-corrected chi connectivity index (χ3v) is 9.82. The Balaban J connectivity index is 0.000000451. The van der Waals surface area contributed by atoms with Crippen LogP contribution in [0.3, 0.4) is 0 Å². The molecule has 4 nitrogen and oxygen atoms in total. The molecule has 3 rings (SSSR count). The number of thiophene rings is 1. The highest BCUT2D eigenvalue weighted by Crippen LogP contribution is 2.48. The number of carboxylic acids is 1. The normalized spacial score (nSPS) is 18.9. The van der Waals surface area contributed by atoms with Gasteiger partial charge in [-0.2, -0.15) is 26.3 Å². The monoisotopic (exact) mass is 560 g/mol. The molecule has 0 radical (unpaired) electrons. The molecule has 2 aromatic rings. The smallest absolute Gasteiger partial charge is 0.475 e. The Hall–Kier alpha value is -1.86. The minimum atomic E-state index is -5.08. The summed E-state index contributed by atoms with van der Waals surface area (Å²) in [5.74, 6) is -2.78. The fourth-order valence-corrected chi connectivity index (χ4v) is 6.33. The van der Waals surface area contributed by atoms with Gasteiger partial charge in [0.1, 0.15) is 5.84 Å². The van der Waals surface area contributed by atoms with Gasteiger partial charge in [0.25, 0.3) is 0 Å². The Labute approximate surface area is 193 Å². The SMILES string of the molecule is C[Si](C)(C)c1cc2c(s1)C(N)=NC(c1cccc(Br)c1)(C(F)(F)F)C2.O=C(O)C(F)(F)F. The predicted molar refractivity (Wildman–Crippen MR) is 117 cm³/mol. The van der Waals surface area contributed by atoms with Crippen molar-refractivity contribution in [2.75, 3.05) is 0 Å². The van der Waals surface area contributed by atoms with E-state index in [1.807, 2.05) is 6.07 Å². The second-order valence-corrected chi connectivity index (χ2v) is 15.4. The molecule has 3 N–H and O–H groups in total. The number of carbonyl (C=O) groups is 1. The predicted octanol–water partition coefficient (Wildman–Crippen LogP) is 5.41.